The van der Waals surface area contributed by atoms with Crippen molar-refractivity contribution in [3.05, 3.63) is 23.0 Å². The second-order valence-electron chi connectivity index (χ2n) is 6.99. The van der Waals surface area contributed by atoms with Crippen molar-refractivity contribution in [2.45, 2.75) is 58.4 Å². The first kappa shape index (κ1) is 14.8. The van der Waals surface area contributed by atoms with Gasteiger partial charge in [-0.2, -0.15) is 0 Å². The van der Waals surface area contributed by atoms with Gasteiger partial charge in [-0.25, -0.2) is 0 Å². The minimum absolute atomic E-state index is 0.307. The number of ketones is 1. The Morgan fingerprint density at radius 2 is 1.90 bits per heavy atom. The van der Waals surface area contributed by atoms with Gasteiger partial charge in [-0.1, -0.05) is 12.8 Å². The number of aryl methyl sites for hydroxylation is 1. The molecule has 0 spiro atoms. The van der Waals surface area contributed by atoms with Crippen molar-refractivity contribution in [3.8, 4) is 0 Å². The van der Waals surface area contributed by atoms with Gasteiger partial charge < -0.3 is 4.57 Å². The van der Waals surface area contributed by atoms with E-state index < -0.39 is 0 Å². The zero-order valence-corrected chi connectivity index (χ0v) is 13.7. The molecule has 3 rings (SSSR count). The second-order valence-corrected chi connectivity index (χ2v) is 6.99. The maximum atomic E-state index is 12.7. The molecule has 1 aliphatic carbocycles. The van der Waals surface area contributed by atoms with E-state index in [4.69, 9.17) is 0 Å². The van der Waals surface area contributed by atoms with Crippen molar-refractivity contribution in [3.63, 3.8) is 0 Å². The molecule has 1 saturated carbocycles. The summed E-state index contributed by atoms with van der Waals surface area (Å²) in [4.78, 5) is 15.2. The fourth-order valence-corrected chi connectivity index (χ4v) is 4.33. The number of hydrogen-bond acceptors (Lipinski definition) is 2. The largest absolute Gasteiger partial charge is 0.351 e. The first-order valence-electron chi connectivity index (χ1n) is 8.48. The van der Waals surface area contributed by atoms with Crippen molar-refractivity contribution in [1.29, 1.82) is 0 Å². The molecule has 3 heteroatoms. The van der Waals surface area contributed by atoms with E-state index in [9.17, 15) is 4.79 Å². The predicted octanol–water partition coefficient (Wildman–Crippen LogP) is 3.48. The summed E-state index contributed by atoms with van der Waals surface area (Å²) in [6.45, 7) is 5.85. The quantitative estimate of drug-likeness (QED) is 0.793. The van der Waals surface area contributed by atoms with Crippen LogP contribution in [0.2, 0.25) is 0 Å². The maximum Gasteiger partial charge on any atom is 0.178 e. The smallest absolute Gasteiger partial charge is 0.178 e. The van der Waals surface area contributed by atoms with Crippen molar-refractivity contribution < 1.29 is 4.79 Å². The highest BCUT2D eigenvalue weighted by Gasteiger charge is 2.34. The van der Waals surface area contributed by atoms with Crippen LogP contribution in [0.25, 0.3) is 0 Å². The maximum absolute atomic E-state index is 12.7. The minimum Gasteiger partial charge on any atom is -0.351 e. The lowest BCUT2D eigenvalue weighted by Crippen LogP contribution is -2.38. The third-order valence-electron chi connectivity index (χ3n) is 5.78. The first-order valence-corrected chi connectivity index (χ1v) is 8.48. The SMILES string of the molecule is Cc1cc(C(=O)CN2CCCC2C2CCCC2)c(C)n1C. The van der Waals surface area contributed by atoms with Crippen molar-refractivity contribution >= 4 is 5.78 Å². The van der Waals surface area contributed by atoms with Crippen LogP contribution in [0.5, 0.6) is 0 Å². The molecule has 1 atom stereocenters. The lowest BCUT2D eigenvalue weighted by Gasteiger charge is -2.28. The molecule has 2 heterocycles. The Bertz CT molecular complexity index is 526. The summed E-state index contributed by atoms with van der Waals surface area (Å²) in [5.41, 5.74) is 3.20. The van der Waals surface area contributed by atoms with Crippen LogP contribution < -0.4 is 0 Å². The van der Waals surface area contributed by atoms with E-state index in [1.165, 1.54) is 44.2 Å². The molecule has 1 aromatic heterocycles. The van der Waals surface area contributed by atoms with Gasteiger partial charge in [0.05, 0.1) is 6.54 Å². The molecule has 116 valence electrons. The number of carbonyl (C=O) groups is 1. The zero-order valence-electron chi connectivity index (χ0n) is 13.7. The summed E-state index contributed by atoms with van der Waals surface area (Å²) >= 11 is 0. The predicted molar refractivity (Wildman–Crippen MR) is 85.8 cm³/mol. The lowest BCUT2D eigenvalue weighted by molar-refractivity contribution is 0.0895. The van der Waals surface area contributed by atoms with Crippen LogP contribution in [0.4, 0.5) is 0 Å². The van der Waals surface area contributed by atoms with Gasteiger partial charge in [0.1, 0.15) is 0 Å². The zero-order chi connectivity index (χ0) is 15.0. The van der Waals surface area contributed by atoms with E-state index in [0.29, 0.717) is 18.4 Å². The Kier molecular flexibility index (Phi) is 4.21. The van der Waals surface area contributed by atoms with E-state index in [2.05, 4.69) is 29.4 Å². The Balaban J connectivity index is 1.70. The molecular weight excluding hydrogens is 260 g/mol. The Morgan fingerprint density at radius 1 is 1.19 bits per heavy atom. The molecule has 0 bridgehead atoms. The van der Waals surface area contributed by atoms with Crippen LogP contribution in [-0.4, -0.2) is 34.4 Å². The Labute approximate surface area is 128 Å². The second kappa shape index (κ2) is 5.96. The Morgan fingerprint density at radius 3 is 2.52 bits per heavy atom. The average Bonchev–Trinajstić information content (AvgIpc) is 3.16. The first-order chi connectivity index (χ1) is 10.1. The molecule has 0 N–H and O–H groups in total. The van der Waals surface area contributed by atoms with E-state index in [0.717, 1.165) is 23.7 Å². The highest BCUT2D eigenvalue weighted by atomic mass is 16.1. The van der Waals surface area contributed by atoms with E-state index in [-0.39, 0.29) is 0 Å². The summed E-state index contributed by atoms with van der Waals surface area (Å²) in [5, 5.41) is 0. The number of hydrogen-bond donors (Lipinski definition) is 0. The molecule has 21 heavy (non-hydrogen) atoms. The number of aromatic nitrogens is 1. The number of nitrogens with zero attached hydrogens (tertiary/aromatic N) is 2. The van der Waals surface area contributed by atoms with Crippen LogP contribution in [0.1, 0.15) is 60.3 Å². The molecule has 1 unspecified atom stereocenters. The molecule has 2 fully saturated rings. The van der Waals surface area contributed by atoms with Crippen LogP contribution in [0, 0.1) is 19.8 Å². The standard InChI is InChI=1S/C18H28N2O/c1-13-11-16(14(2)19(13)3)18(21)12-20-10-6-9-17(20)15-7-4-5-8-15/h11,15,17H,4-10,12H2,1-3H3. The lowest BCUT2D eigenvalue weighted by atomic mass is 9.95. The van der Waals surface area contributed by atoms with Crippen molar-refractivity contribution in [2.24, 2.45) is 13.0 Å². The van der Waals surface area contributed by atoms with Crippen molar-refractivity contribution in [2.75, 3.05) is 13.1 Å². The molecule has 1 aliphatic heterocycles. The van der Waals surface area contributed by atoms with Crippen LogP contribution in [0.3, 0.4) is 0 Å². The van der Waals surface area contributed by atoms with Gasteiger partial charge in [0.15, 0.2) is 5.78 Å². The van der Waals surface area contributed by atoms with E-state index in [1.54, 1.807) is 0 Å². The van der Waals surface area contributed by atoms with Gasteiger partial charge >= 0.3 is 0 Å². The van der Waals surface area contributed by atoms with Crippen LogP contribution in [0.15, 0.2) is 6.07 Å². The van der Waals surface area contributed by atoms with Gasteiger partial charge in [-0.15, -0.1) is 0 Å². The summed E-state index contributed by atoms with van der Waals surface area (Å²) in [5.74, 6) is 1.15. The third-order valence-corrected chi connectivity index (χ3v) is 5.78. The number of likely N-dealkylation sites (tertiary alicyclic amines) is 1. The normalized spacial score (nSPS) is 24.0. The summed E-state index contributed by atoms with van der Waals surface area (Å²) in [7, 11) is 2.04. The monoisotopic (exact) mass is 288 g/mol. The summed E-state index contributed by atoms with van der Waals surface area (Å²) < 4.78 is 2.12. The van der Waals surface area contributed by atoms with Crippen LogP contribution >= 0.6 is 0 Å². The van der Waals surface area contributed by atoms with Gasteiger partial charge in [0, 0.05) is 30.0 Å². The Hall–Kier alpha value is -1.09. The molecule has 1 saturated heterocycles. The highest BCUT2D eigenvalue weighted by molar-refractivity contribution is 5.99. The minimum atomic E-state index is 0.307. The third kappa shape index (κ3) is 2.80. The number of Topliss-reactive ketones (excluding diaryl/α,β-unsaturated/α-hetero) is 1. The van der Waals surface area contributed by atoms with Gasteiger partial charge in [-0.3, -0.25) is 9.69 Å². The molecule has 0 amide bonds. The molecule has 0 aromatic carbocycles. The number of carbonyl (C=O) groups excluding carboxylic acids is 1. The van der Waals surface area contributed by atoms with E-state index >= 15 is 0 Å². The van der Waals surface area contributed by atoms with Gasteiger partial charge in [0.2, 0.25) is 0 Å². The summed E-state index contributed by atoms with van der Waals surface area (Å²) in [6.07, 6.45) is 8.09. The number of rotatable bonds is 4. The van der Waals surface area contributed by atoms with Gasteiger partial charge in [0.25, 0.3) is 0 Å². The highest BCUT2D eigenvalue weighted by Crippen LogP contribution is 2.35. The average molecular weight is 288 g/mol. The van der Waals surface area contributed by atoms with Crippen molar-refractivity contribution in [1.82, 2.24) is 9.47 Å². The summed E-state index contributed by atoms with van der Waals surface area (Å²) in [6, 6.07) is 2.72. The molecule has 3 nitrogen and oxygen atoms in total. The molecular formula is C18H28N2O. The fourth-order valence-electron chi connectivity index (χ4n) is 4.33. The topological polar surface area (TPSA) is 25.2 Å². The van der Waals surface area contributed by atoms with E-state index in [1.807, 2.05) is 7.05 Å². The molecule has 2 aliphatic rings. The molecule has 0 radical (unpaired) electrons. The molecule has 1 aromatic rings. The van der Waals surface area contributed by atoms with Crippen LogP contribution in [-0.2, 0) is 7.05 Å². The van der Waals surface area contributed by atoms with Gasteiger partial charge in [-0.05, 0) is 58.1 Å². The fraction of sp³-hybridized carbons (Fsp3) is 0.722.